The number of likely N-dealkylation sites (tertiary alicyclic amines) is 1. The van der Waals surface area contributed by atoms with Crippen molar-refractivity contribution in [3.05, 3.63) is 71.8 Å². The third-order valence-electron chi connectivity index (χ3n) is 5.41. The molecule has 1 aliphatic heterocycles. The summed E-state index contributed by atoms with van der Waals surface area (Å²) in [6.07, 6.45) is 0.547. The van der Waals surface area contributed by atoms with Crippen LogP contribution in [0.2, 0.25) is 0 Å². The molecular formula is C23H25NO4. The molecule has 1 unspecified atom stereocenters. The van der Waals surface area contributed by atoms with E-state index in [0.717, 1.165) is 11.1 Å². The molecule has 3 atom stereocenters. The second-order valence-electron chi connectivity index (χ2n) is 7.48. The largest absolute Gasteiger partial charge is 0.481 e. The van der Waals surface area contributed by atoms with E-state index in [4.69, 9.17) is 0 Å². The molecule has 1 amide bonds. The van der Waals surface area contributed by atoms with Crippen molar-refractivity contribution in [2.75, 3.05) is 0 Å². The molecule has 0 bridgehead atoms. The van der Waals surface area contributed by atoms with Crippen LogP contribution in [-0.2, 0) is 27.3 Å². The highest BCUT2D eigenvalue weighted by Gasteiger charge is 2.48. The Morgan fingerprint density at radius 1 is 0.929 bits per heavy atom. The summed E-state index contributed by atoms with van der Waals surface area (Å²) in [4.78, 5) is 38.3. The third-order valence-corrected chi connectivity index (χ3v) is 5.41. The number of benzene rings is 2. The smallest absolute Gasteiger partial charge is 0.303 e. The topological polar surface area (TPSA) is 74.7 Å². The molecule has 0 aliphatic carbocycles. The van der Waals surface area contributed by atoms with Crippen LogP contribution in [0.1, 0.15) is 30.9 Å². The van der Waals surface area contributed by atoms with Crippen molar-refractivity contribution in [3.8, 4) is 0 Å². The number of carbonyl (C=O) groups is 3. The van der Waals surface area contributed by atoms with Gasteiger partial charge in [0.25, 0.3) is 0 Å². The van der Waals surface area contributed by atoms with Gasteiger partial charge in [-0.15, -0.1) is 0 Å². The molecule has 5 heteroatoms. The Morgan fingerprint density at radius 2 is 1.50 bits per heavy atom. The first-order valence-corrected chi connectivity index (χ1v) is 9.55. The van der Waals surface area contributed by atoms with Crippen LogP contribution in [0, 0.1) is 11.8 Å². The monoisotopic (exact) mass is 379 g/mol. The van der Waals surface area contributed by atoms with E-state index in [-0.39, 0.29) is 30.6 Å². The van der Waals surface area contributed by atoms with Crippen LogP contribution in [0.3, 0.4) is 0 Å². The van der Waals surface area contributed by atoms with Crippen molar-refractivity contribution in [2.45, 2.75) is 38.8 Å². The van der Waals surface area contributed by atoms with Crippen molar-refractivity contribution in [3.63, 3.8) is 0 Å². The standard InChI is InChI=1S/C23H25NO4/c1-16(25)12-20-19(14-22(26)27)21(13-17-8-4-2-5-9-17)24(23(20)28)15-18-10-6-3-7-11-18/h2-11,19-21H,12-15H2,1H3,(H,26,27)/t19-,20-,21?/m1/s1. The third kappa shape index (κ3) is 4.66. The first-order chi connectivity index (χ1) is 13.5. The van der Waals surface area contributed by atoms with Gasteiger partial charge in [0.15, 0.2) is 0 Å². The van der Waals surface area contributed by atoms with Gasteiger partial charge in [-0.1, -0.05) is 60.7 Å². The fourth-order valence-corrected chi connectivity index (χ4v) is 4.18. The molecule has 28 heavy (non-hydrogen) atoms. The molecule has 1 aliphatic rings. The van der Waals surface area contributed by atoms with Gasteiger partial charge >= 0.3 is 5.97 Å². The Balaban J connectivity index is 1.95. The molecule has 1 fully saturated rings. The maximum absolute atomic E-state index is 13.2. The molecule has 0 radical (unpaired) electrons. The molecule has 146 valence electrons. The number of aliphatic carboxylic acids is 1. The molecule has 5 nitrogen and oxygen atoms in total. The summed E-state index contributed by atoms with van der Waals surface area (Å²) in [6.45, 7) is 1.87. The van der Waals surface area contributed by atoms with E-state index in [1.54, 1.807) is 4.90 Å². The highest BCUT2D eigenvalue weighted by atomic mass is 16.4. The molecule has 1 saturated heterocycles. The van der Waals surface area contributed by atoms with Crippen molar-refractivity contribution < 1.29 is 19.5 Å². The zero-order valence-electron chi connectivity index (χ0n) is 16.0. The maximum Gasteiger partial charge on any atom is 0.303 e. The average Bonchev–Trinajstić information content (AvgIpc) is 2.88. The van der Waals surface area contributed by atoms with Gasteiger partial charge in [0.05, 0.1) is 12.3 Å². The predicted molar refractivity (Wildman–Crippen MR) is 105 cm³/mol. The lowest BCUT2D eigenvalue weighted by atomic mass is 9.82. The highest BCUT2D eigenvalue weighted by Crippen LogP contribution is 2.38. The fraction of sp³-hybridized carbons (Fsp3) is 0.348. The Labute approximate surface area is 165 Å². The van der Waals surface area contributed by atoms with Crippen LogP contribution in [0.25, 0.3) is 0 Å². The molecule has 2 aromatic rings. The normalized spacial score (nSPS) is 21.7. The summed E-state index contributed by atoms with van der Waals surface area (Å²) < 4.78 is 0. The number of rotatable bonds is 8. The average molecular weight is 379 g/mol. The van der Waals surface area contributed by atoms with Gasteiger partial charge in [0.2, 0.25) is 5.91 Å². The van der Waals surface area contributed by atoms with Crippen LogP contribution in [0.4, 0.5) is 0 Å². The Bertz CT molecular complexity index is 834. The molecule has 0 spiro atoms. The summed E-state index contributed by atoms with van der Waals surface area (Å²) >= 11 is 0. The Morgan fingerprint density at radius 3 is 2.04 bits per heavy atom. The van der Waals surface area contributed by atoms with Crippen LogP contribution in [-0.4, -0.2) is 33.7 Å². The van der Waals surface area contributed by atoms with E-state index in [1.165, 1.54) is 6.92 Å². The molecule has 1 N–H and O–H groups in total. The minimum atomic E-state index is -0.939. The molecule has 3 rings (SSSR count). The van der Waals surface area contributed by atoms with Crippen LogP contribution >= 0.6 is 0 Å². The minimum absolute atomic E-state index is 0.0891. The van der Waals surface area contributed by atoms with Gasteiger partial charge < -0.3 is 14.8 Å². The van der Waals surface area contributed by atoms with Crippen molar-refractivity contribution in [1.29, 1.82) is 0 Å². The van der Waals surface area contributed by atoms with Crippen LogP contribution < -0.4 is 0 Å². The molecule has 0 aromatic heterocycles. The number of amides is 1. The lowest BCUT2D eigenvalue weighted by Gasteiger charge is -2.28. The quantitative estimate of drug-likeness (QED) is 0.763. The number of Topliss-reactive ketones (excluding diaryl/α,β-unsaturated/α-hetero) is 1. The van der Waals surface area contributed by atoms with Gasteiger partial charge in [-0.3, -0.25) is 9.59 Å². The number of carboxylic acids is 1. The van der Waals surface area contributed by atoms with Gasteiger partial charge in [-0.05, 0) is 24.5 Å². The SMILES string of the molecule is CC(=O)C[C@H]1C(=O)N(Cc2ccccc2)C(Cc2ccccc2)[C@@H]1CC(=O)O. The zero-order chi connectivity index (χ0) is 20.1. The van der Waals surface area contributed by atoms with Crippen molar-refractivity contribution in [1.82, 2.24) is 4.90 Å². The number of hydrogen-bond donors (Lipinski definition) is 1. The minimum Gasteiger partial charge on any atom is -0.481 e. The van der Waals surface area contributed by atoms with Gasteiger partial charge in [-0.2, -0.15) is 0 Å². The number of ketones is 1. The molecule has 2 aromatic carbocycles. The van der Waals surface area contributed by atoms with E-state index >= 15 is 0 Å². The van der Waals surface area contributed by atoms with Gasteiger partial charge in [0, 0.05) is 24.9 Å². The molecular weight excluding hydrogens is 354 g/mol. The number of nitrogens with zero attached hydrogens (tertiary/aromatic N) is 1. The number of carboxylic acid groups (broad SMARTS) is 1. The molecule has 1 heterocycles. The van der Waals surface area contributed by atoms with Crippen LogP contribution in [0.15, 0.2) is 60.7 Å². The summed E-state index contributed by atoms with van der Waals surface area (Å²) in [7, 11) is 0. The second kappa shape index (κ2) is 8.83. The van der Waals surface area contributed by atoms with Crippen LogP contribution in [0.5, 0.6) is 0 Å². The van der Waals surface area contributed by atoms with Crippen molar-refractivity contribution in [2.24, 2.45) is 11.8 Å². The van der Waals surface area contributed by atoms with Gasteiger partial charge in [0.1, 0.15) is 5.78 Å². The number of hydrogen-bond acceptors (Lipinski definition) is 3. The van der Waals surface area contributed by atoms with E-state index in [1.807, 2.05) is 60.7 Å². The summed E-state index contributed by atoms with van der Waals surface area (Å²) in [5.41, 5.74) is 2.05. The Kier molecular flexibility index (Phi) is 6.24. The highest BCUT2D eigenvalue weighted by molar-refractivity contribution is 5.88. The van der Waals surface area contributed by atoms with Gasteiger partial charge in [-0.25, -0.2) is 0 Å². The Hall–Kier alpha value is -2.95. The van der Waals surface area contributed by atoms with E-state index in [2.05, 4.69) is 0 Å². The number of carbonyl (C=O) groups excluding carboxylic acids is 2. The predicted octanol–water partition coefficient (Wildman–Crippen LogP) is 3.33. The fourth-order valence-electron chi connectivity index (χ4n) is 4.18. The summed E-state index contributed by atoms with van der Waals surface area (Å²) in [5, 5.41) is 9.46. The van der Waals surface area contributed by atoms with E-state index < -0.39 is 17.8 Å². The van der Waals surface area contributed by atoms with Crippen molar-refractivity contribution >= 4 is 17.7 Å². The van der Waals surface area contributed by atoms with E-state index in [9.17, 15) is 19.5 Å². The summed E-state index contributed by atoms with van der Waals surface area (Å²) in [5.74, 6) is -2.12. The molecule has 0 saturated carbocycles. The first-order valence-electron chi connectivity index (χ1n) is 9.55. The lowest BCUT2D eigenvalue weighted by molar-refractivity contribution is -0.139. The summed E-state index contributed by atoms with van der Waals surface area (Å²) in [6, 6.07) is 19.2. The lowest BCUT2D eigenvalue weighted by Crippen LogP contribution is -2.37. The maximum atomic E-state index is 13.2. The first kappa shape index (κ1) is 19.8. The second-order valence-corrected chi connectivity index (χ2v) is 7.48. The van der Waals surface area contributed by atoms with E-state index in [0.29, 0.717) is 13.0 Å². The zero-order valence-corrected chi connectivity index (χ0v) is 16.0.